The van der Waals surface area contributed by atoms with E-state index in [1.807, 2.05) is 12.1 Å². The van der Waals surface area contributed by atoms with Crippen LogP contribution in [0.1, 0.15) is 11.1 Å². The van der Waals surface area contributed by atoms with E-state index in [2.05, 4.69) is 0 Å². The SMILES string of the molecule is COc1ccc(CCOC(=O)/C=C/c2ccc(O)c(O)c2)cc1OC. The molecule has 132 valence electrons. The molecular formula is C19H20O6. The van der Waals surface area contributed by atoms with E-state index < -0.39 is 5.97 Å². The van der Waals surface area contributed by atoms with Crippen molar-refractivity contribution >= 4 is 12.0 Å². The second kappa shape index (κ2) is 8.63. The van der Waals surface area contributed by atoms with E-state index in [1.165, 1.54) is 24.3 Å². The van der Waals surface area contributed by atoms with Crippen molar-refractivity contribution in [3.8, 4) is 23.0 Å². The number of phenolic OH excluding ortho intramolecular Hbond substituents is 2. The van der Waals surface area contributed by atoms with Crippen molar-refractivity contribution in [1.82, 2.24) is 0 Å². The van der Waals surface area contributed by atoms with Crippen molar-refractivity contribution in [2.45, 2.75) is 6.42 Å². The van der Waals surface area contributed by atoms with Crippen molar-refractivity contribution in [2.24, 2.45) is 0 Å². The number of aromatic hydroxyl groups is 2. The molecule has 6 heteroatoms. The summed E-state index contributed by atoms with van der Waals surface area (Å²) in [6, 6.07) is 9.78. The molecule has 25 heavy (non-hydrogen) atoms. The van der Waals surface area contributed by atoms with Gasteiger partial charge in [-0.25, -0.2) is 4.79 Å². The molecule has 0 aromatic heterocycles. The van der Waals surface area contributed by atoms with Gasteiger partial charge in [0.05, 0.1) is 20.8 Å². The number of phenols is 2. The third-order valence-electron chi connectivity index (χ3n) is 3.49. The van der Waals surface area contributed by atoms with Crippen molar-refractivity contribution < 1.29 is 29.2 Å². The average Bonchev–Trinajstić information content (AvgIpc) is 2.62. The van der Waals surface area contributed by atoms with Gasteiger partial charge in [0, 0.05) is 12.5 Å². The van der Waals surface area contributed by atoms with Crippen molar-refractivity contribution in [2.75, 3.05) is 20.8 Å². The fourth-order valence-corrected chi connectivity index (χ4v) is 2.16. The molecule has 0 bridgehead atoms. The summed E-state index contributed by atoms with van der Waals surface area (Å²) >= 11 is 0. The van der Waals surface area contributed by atoms with Crippen molar-refractivity contribution in [3.63, 3.8) is 0 Å². The van der Waals surface area contributed by atoms with Crippen LogP contribution in [0.25, 0.3) is 6.08 Å². The molecule has 2 rings (SSSR count). The molecule has 0 aliphatic heterocycles. The second-order valence-electron chi connectivity index (χ2n) is 5.19. The van der Waals surface area contributed by atoms with Crippen LogP contribution in [0.5, 0.6) is 23.0 Å². The van der Waals surface area contributed by atoms with Gasteiger partial charge in [0.15, 0.2) is 23.0 Å². The molecule has 2 aromatic rings. The molecule has 0 saturated carbocycles. The van der Waals surface area contributed by atoms with E-state index in [1.54, 1.807) is 26.4 Å². The topological polar surface area (TPSA) is 85.2 Å². The Bertz CT molecular complexity index is 767. The zero-order valence-electron chi connectivity index (χ0n) is 14.1. The first-order valence-corrected chi connectivity index (χ1v) is 7.61. The number of rotatable bonds is 7. The van der Waals surface area contributed by atoms with Gasteiger partial charge in [-0.3, -0.25) is 0 Å². The molecule has 2 N–H and O–H groups in total. The molecule has 0 aliphatic rings. The standard InChI is InChI=1S/C19H20O6/c1-23-17-7-4-14(12-18(17)24-2)9-10-25-19(22)8-5-13-3-6-15(20)16(21)11-13/h3-8,11-12,20-21H,9-10H2,1-2H3/b8-5+. The Morgan fingerprint density at radius 1 is 1.00 bits per heavy atom. The smallest absolute Gasteiger partial charge is 0.330 e. The summed E-state index contributed by atoms with van der Waals surface area (Å²) in [5.41, 5.74) is 1.53. The van der Waals surface area contributed by atoms with E-state index >= 15 is 0 Å². The van der Waals surface area contributed by atoms with Gasteiger partial charge in [-0.05, 0) is 41.5 Å². The monoisotopic (exact) mass is 344 g/mol. The Hall–Kier alpha value is -3.15. The molecule has 0 spiro atoms. The van der Waals surface area contributed by atoms with Crippen LogP contribution in [0.4, 0.5) is 0 Å². The number of benzene rings is 2. The highest BCUT2D eigenvalue weighted by Crippen LogP contribution is 2.27. The number of esters is 1. The highest BCUT2D eigenvalue weighted by molar-refractivity contribution is 5.87. The Kier molecular flexibility index (Phi) is 6.28. The summed E-state index contributed by atoms with van der Waals surface area (Å²) in [5.74, 6) is 0.313. The lowest BCUT2D eigenvalue weighted by molar-refractivity contribution is -0.137. The lowest BCUT2D eigenvalue weighted by Crippen LogP contribution is -2.05. The summed E-state index contributed by atoms with van der Waals surface area (Å²) in [7, 11) is 3.13. The van der Waals surface area contributed by atoms with Gasteiger partial charge in [-0.15, -0.1) is 0 Å². The van der Waals surface area contributed by atoms with Crippen LogP contribution in [0.2, 0.25) is 0 Å². The summed E-state index contributed by atoms with van der Waals surface area (Å²) < 4.78 is 15.5. The zero-order chi connectivity index (χ0) is 18.2. The first-order valence-electron chi connectivity index (χ1n) is 7.61. The van der Waals surface area contributed by atoms with E-state index in [9.17, 15) is 15.0 Å². The maximum Gasteiger partial charge on any atom is 0.330 e. The quantitative estimate of drug-likeness (QED) is 0.456. The van der Waals surface area contributed by atoms with E-state index in [0.29, 0.717) is 23.5 Å². The summed E-state index contributed by atoms with van der Waals surface area (Å²) in [6.45, 7) is 0.222. The molecule has 0 unspecified atom stereocenters. The van der Waals surface area contributed by atoms with Gasteiger partial charge >= 0.3 is 5.97 Å². The number of ether oxygens (including phenoxy) is 3. The predicted octanol–water partition coefficient (Wildman–Crippen LogP) is 2.91. The Morgan fingerprint density at radius 3 is 2.44 bits per heavy atom. The van der Waals surface area contributed by atoms with Crippen LogP contribution in [-0.2, 0) is 16.0 Å². The lowest BCUT2D eigenvalue weighted by atomic mass is 10.1. The fourth-order valence-electron chi connectivity index (χ4n) is 2.16. The lowest BCUT2D eigenvalue weighted by Gasteiger charge is -2.09. The van der Waals surface area contributed by atoms with Crippen molar-refractivity contribution in [1.29, 1.82) is 0 Å². The third-order valence-corrected chi connectivity index (χ3v) is 3.49. The predicted molar refractivity (Wildman–Crippen MR) is 93.0 cm³/mol. The van der Waals surface area contributed by atoms with Crippen LogP contribution >= 0.6 is 0 Å². The van der Waals surface area contributed by atoms with Crippen LogP contribution in [0.3, 0.4) is 0 Å². The van der Waals surface area contributed by atoms with Gasteiger partial charge in [0.1, 0.15) is 0 Å². The van der Waals surface area contributed by atoms with E-state index in [-0.39, 0.29) is 18.1 Å². The Morgan fingerprint density at radius 2 is 1.76 bits per heavy atom. The van der Waals surface area contributed by atoms with E-state index in [4.69, 9.17) is 14.2 Å². The Balaban J connectivity index is 1.86. The summed E-state index contributed by atoms with van der Waals surface area (Å²) in [5, 5.41) is 18.6. The number of methoxy groups -OCH3 is 2. The average molecular weight is 344 g/mol. The maximum absolute atomic E-state index is 11.7. The molecule has 0 saturated heterocycles. The van der Waals surface area contributed by atoms with Gasteiger partial charge in [0.2, 0.25) is 0 Å². The molecule has 0 atom stereocenters. The molecular weight excluding hydrogens is 324 g/mol. The third kappa shape index (κ3) is 5.17. The minimum atomic E-state index is -0.493. The van der Waals surface area contributed by atoms with Gasteiger partial charge in [0.25, 0.3) is 0 Å². The van der Waals surface area contributed by atoms with Crippen LogP contribution < -0.4 is 9.47 Å². The number of hydrogen-bond acceptors (Lipinski definition) is 6. The molecule has 0 radical (unpaired) electrons. The highest BCUT2D eigenvalue weighted by Gasteiger charge is 2.05. The minimum absolute atomic E-state index is 0.213. The first kappa shape index (κ1) is 18.2. The number of carbonyl (C=O) groups excluding carboxylic acids is 1. The van der Waals surface area contributed by atoms with Gasteiger partial charge < -0.3 is 24.4 Å². The molecule has 0 amide bonds. The van der Waals surface area contributed by atoms with Gasteiger partial charge in [-0.1, -0.05) is 12.1 Å². The first-order chi connectivity index (χ1) is 12.0. The summed E-state index contributed by atoms with van der Waals surface area (Å²) in [6.07, 6.45) is 3.30. The molecule has 2 aromatic carbocycles. The molecule has 6 nitrogen and oxygen atoms in total. The highest BCUT2D eigenvalue weighted by atomic mass is 16.5. The minimum Gasteiger partial charge on any atom is -0.504 e. The largest absolute Gasteiger partial charge is 0.504 e. The normalized spacial score (nSPS) is 10.6. The van der Waals surface area contributed by atoms with Crippen molar-refractivity contribution in [3.05, 3.63) is 53.6 Å². The van der Waals surface area contributed by atoms with Crippen LogP contribution in [0, 0.1) is 0 Å². The second-order valence-corrected chi connectivity index (χ2v) is 5.19. The van der Waals surface area contributed by atoms with E-state index in [0.717, 1.165) is 5.56 Å². The zero-order valence-corrected chi connectivity index (χ0v) is 14.1. The Labute approximate surface area is 145 Å². The molecule has 0 fully saturated rings. The van der Waals surface area contributed by atoms with Gasteiger partial charge in [-0.2, -0.15) is 0 Å². The number of hydrogen-bond donors (Lipinski definition) is 2. The van der Waals surface area contributed by atoms with Crippen LogP contribution in [0.15, 0.2) is 42.5 Å². The number of carbonyl (C=O) groups is 1. The molecule has 0 aliphatic carbocycles. The maximum atomic E-state index is 11.7. The summed E-state index contributed by atoms with van der Waals surface area (Å²) in [4.78, 5) is 11.7. The molecule has 0 heterocycles. The fraction of sp³-hybridized carbons (Fsp3) is 0.211. The van der Waals surface area contributed by atoms with Crippen LogP contribution in [-0.4, -0.2) is 37.0 Å².